The number of hydrogen-bond donors (Lipinski definition) is 1. The highest BCUT2D eigenvalue weighted by molar-refractivity contribution is 5.67. The fourth-order valence-corrected chi connectivity index (χ4v) is 2.15. The zero-order chi connectivity index (χ0) is 14.7. The number of nitrogens with one attached hydrogen (secondary N) is 1. The second-order valence-corrected chi connectivity index (χ2v) is 5.31. The normalized spacial score (nSPS) is 11.1. The van der Waals surface area contributed by atoms with E-state index in [1.54, 1.807) is 6.07 Å². The molecule has 1 N–H and O–H groups in total. The minimum atomic E-state index is -0.816. The molecule has 2 aromatic rings. The van der Waals surface area contributed by atoms with E-state index in [0.29, 0.717) is 11.6 Å². The lowest BCUT2D eigenvalue weighted by Gasteiger charge is -2.11. The summed E-state index contributed by atoms with van der Waals surface area (Å²) in [5.41, 5.74) is 3.86. The van der Waals surface area contributed by atoms with Crippen LogP contribution < -0.4 is 5.32 Å². The SMILES string of the molecule is Cc1cc(CNC(C)C)ccc1-c1ccc(F)c(F)c1. The van der Waals surface area contributed by atoms with Crippen molar-refractivity contribution in [3.05, 3.63) is 59.2 Å². The minimum absolute atomic E-state index is 0.432. The van der Waals surface area contributed by atoms with Crippen LogP contribution in [0.2, 0.25) is 0 Å². The summed E-state index contributed by atoms with van der Waals surface area (Å²) in [5, 5.41) is 3.36. The van der Waals surface area contributed by atoms with Crippen LogP contribution in [0.15, 0.2) is 36.4 Å². The molecule has 0 atom stereocenters. The maximum Gasteiger partial charge on any atom is 0.159 e. The van der Waals surface area contributed by atoms with Gasteiger partial charge in [0, 0.05) is 12.6 Å². The summed E-state index contributed by atoms with van der Waals surface area (Å²) in [4.78, 5) is 0. The predicted molar refractivity (Wildman–Crippen MR) is 78.5 cm³/mol. The molecule has 0 saturated heterocycles. The van der Waals surface area contributed by atoms with E-state index in [1.165, 1.54) is 17.7 Å². The molecule has 0 aliphatic rings. The summed E-state index contributed by atoms with van der Waals surface area (Å²) in [7, 11) is 0. The number of benzene rings is 2. The van der Waals surface area contributed by atoms with E-state index >= 15 is 0 Å². The first-order chi connectivity index (χ1) is 9.47. The van der Waals surface area contributed by atoms with E-state index in [4.69, 9.17) is 0 Å². The molecule has 0 fully saturated rings. The van der Waals surface area contributed by atoms with Crippen LogP contribution in [0.3, 0.4) is 0 Å². The predicted octanol–water partition coefficient (Wildman–Crippen LogP) is 4.44. The number of aryl methyl sites for hydroxylation is 1. The molecule has 2 aromatic carbocycles. The molecule has 0 saturated carbocycles. The molecule has 0 unspecified atom stereocenters. The first-order valence-electron chi connectivity index (χ1n) is 6.75. The van der Waals surface area contributed by atoms with Crippen molar-refractivity contribution < 1.29 is 8.78 Å². The highest BCUT2D eigenvalue weighted by Gasteiger charge is 2.07. The van der Waals surface area contributed by atoms with Gasteiger partial charge in [-0.2, -0.15) is 0 Å². The standard InChI is InChI=1S/C17H19F2N/c1-11(2)20-10-13-4-6-15(12(3)8-13)14-5-7-16(18)17(19)9-14/h4-9,11,20H,10H2,1-3H3. The zero-order valence-electron chi connectivity index (χ0n) is 12.0. The third-order valence-corrected chi connectivity index (χ3v) is 3.24. The molecule has 0 radical (unpaired) electrons. The van der Waals surface area contributed by atoms with Crippen LogP contribution in [-0.4, -0.2) is 6.04 Å². The summed E-state index contributed by atoms with van der Waals surface area (Å²) in [6.45, 7) is 6.98. The Morgan fingerprint density at radius 1 is 1.00 bits per heavy atom. The van der Waals surface area contributed by atoms with Gasteiger partial charge in [0.1, 0.15) is 0 Å². The molecular formula is C17H19F2N. The van der Waals surface area contributed by atoms with Crippen LogP contribution >= 0.6 is 0 Å². The second kappa shape index (κ2) is 6.14. The third kappa shape index (κ3) is 3.42. The summed E-state index contributed by atoms with van der Waals surface area (Å²) < 4.78 is 26.3. The molecule has 0 heterocycles. The van der Waals surface area contributed by atoms with Crippen molar-refractivity contribution in [1.29, 1.82) is 0 Å². The maximum atomic E-state index is 13.3. The Morgan fingerprint density at radius 2 is 1.75 bits per heavy atom. The van der Waals surface area contributed by atoms with Gasteiger partial charge in [-0.25, -0.2) is 8.78 Å². The molecule has 20 heavy (non-hydrogen) atoms. The summed E-state index contributed by atoms with van der Waals surface area (Å²) >= 11 is 0. The first-order valence-corrected chi connectivity index (χ1v) is 6.75. The van der Waals surface area contributed by atoms with E-state index in [9.17, 15) is 8.78 Å². The quantitative estimate of drug-likeness (QED) is 0.870. The van der Waals surface area contributed by atoms with Crippen LogP contribution in [0.4, 0.5) is 8.78 Å². The van der Waals surface area contributed by atoms with Crippen LogP contribution in [0.25, 0.3) is 11.1 Å². The van der Waals surface area contributed by atoms with Gasteiger partial charge < -0.3 is 5.32 Å². The zero-order valence-corrected chi connectivity index (χ0v) is 12.0. The fourth-order valence-electron chi connectivity index (χ4n) is 2.15. The van der Waals surface area contributed by atoms with E-state index in [2.05, 4.69) is 25.2 Å². The minimum Gasteiger partial charge on any atom is -0.310 e. The summed E-state index contributed by atoms with van der Waals surface area (Å²) in [5.74, 6) is -1.63. The van der Waals surface area contributed by atoms with Crippen molar-refractivity contribution in [2.24, 2.45) is 0 Å². The molecule has 106 valence electrons. The van der Waals surface area contributed by atoms with Gasteiger partial charge in [0.25, 0.3) is 0 Å². The van der Waals surface area contributed by atoms with E-state index in [1.807, 2.05) is 19.1 Å². The first kappa shape index (κ1) is 14.7. The number of rotatable bonds is 4. The van der Waals surface area contributed by atoms with Crippen molar-refractivity contribution in [2.45, 2.75) is 33.4 Å². The largest absolute Gasteiger partial charge is 0.310 e. The fraction of sp³-hybridized carbons (Fsp3) is 0.294. The van der Waals surface area contributed by atoms with Crippen LogP contribution in [0, 0.1) is 18.6 Å². The van der Waals surface area contributed by atoms with E-state index in [-0.39, 0.29) is 0 Å². The Balaban J connectivity index is 2.27. The average Bonchev–Trinajstić information content (AvgIpc) is 2.40. The van der Waals surface area contributed by atoms with Gasteiger partial charge in [-0.3, -0.25) is 0 Å². The number of hydrogen-bond acceptors (Lipinski definition) is 1. The molecule has 0 aromatic heterocycles. The van der Waals surface area contributed by atoms with Crippen molar-refractivity contribution in [1.82, 2.24) is 5.32 Å². The second-order valence-electron chi connectivity index (χ2n) is 5.31. The van der Waals surface area contributed by atoms with Gasteiger partial charge in [0.2, 0.25) is 0 Å². The maximum absolute atomic E-state index is 13.3. The molecule has 0 aliphatic carbocycles. The third-order valence-electron chi connectivity index (χ3n) is 3.24. The van der Waals surface area contributed by atoms with Gasteiger partial charge >= 0.3 is 0 Å². The highest BCUT2D eigenvalue weighted by Crippen LogP contribution is 2.25. The van der Waals surface area contributed by atoms with Gasteiger partial charge in [0.15, 0.2) is 11.6 Å². The molecule has 0 amide bonds. The molecule has 1 nitrogen and oxygen atoms in total. The van der Waals surface area contributed by atoms with Crippen molar-refractivity contribution in [2.75, 3.05) is 0 Å². The van der Waals surface area contributed by atoms with E-state index in [0.717, 1.165) is 17.7 Å². The van der Waals surface area contributed by atoms with E-state index < -0.39 is 11.6 Å². The average molecular weight is 275 g/mol. The van der Waals surface area contributed by atoms with Crippen LogP contribution in [0.1, 0.15) is 25.0 Å². The van der Waals surface area contributed by atoms with Gasteiger partial charge in [-0.1, -0.05) is 38.1 Å². The molecular weight excluding hydrogens is 256 g/mol. The molecule has 0 bridgehead atoms. The van der Waals surface area contributed by atoms with Gasteiger partial charge in [-0.15, -0.1) is 0 Å². The molecule has 3 heteroatoms. The van der Waals surface area contributed by atoms with Gasteiger partial charge in [-0.05, 0) is 41.3 Å². The van der Waals surface area contributed by atoms with Crippen molar-refractivity contribution in [3.8, 4) is 11.1 Å². The summed E-state index contributed by atoms with van der Waals surface area (Å²) in [6.07, 6.45) is 0. The number of halogens is 2. The highest BCUT2D eigenvalue weighted by atomic mass is 19.2. The lowest BCUT2D eigenvalue weighted by Crippen LogP contribution is -2.21. The Bertz CT molecular complexity index is 606. The lowest BCUT2D eigenvalue weighted by atomic mass is 9.98. The monoisotopic (exact) mass is 275 g/mol. The van der Waals surface area contributed by atoms with Gasteiger partial charge in [0.05, 0.1) is 0 Å². The van der Waals surface area contributed by atoms with Crippen LogP contribution in [0.5, 0.6) is 0 Å². The Hall–Kier alpha value is -1.74. The van der Waals surface area contributed by atoms with Crippen molar-refractivity contribution >= 4 is 0 Å². The lowest BCUT2D eigenvalue weighted by molar-refractivity contribution is 0.509. The smallest absolute Gasteiger partial charge is 0.159 e. The molecule has 0 aliphatic heterocycles. The topological polar surface area (TPSA) is 12.0 Å². The Labute approximate surface area is 118 Å². The molecule has 0 spiro atoms. The Morgan fingerprint density at radius 3 is 2.35 bits per heavy atom. The summed E-state index contributed by atoms with van der Waals surface area (Å²) in [6, 6.07) is 10.5. The molecule has 2 rings (SSSR count). The van der Waals surface area contributed by atoms with Crippen molar-refractivity contribution in [3.63, 3.8) is 0 Å². The Kier molecular flexibility index (Phi) is 4.50. The van der Waals surface area contributed by atoms with Crippen LogP contribution in [-0.2, 0) is 6.54 Å².